The van der Waals surface area contributed by atoms with Crippen LogP contribution in [0.1, 0.15) is 29.2 Å². The molecular formula is C12H17N3O2S. The van der Waals surface area contributed by atoms with E-state index in [1.807, 2.05) is 24.8 Å². The molecule has 1 aliphatic rings. The molecule has 1 fully saturated rings. The Bertz CT molecular complexity index is 433. The summed E-state index contributed by atoms with van der Waals surface area (Å²) in [6, 6.07) is 2.29. The van der Waals surface area contributed by atoms with Crippen LogP contribution in [0.15, 0.2) is 6.07 Å². The Morgan fingerprint density at radius 3 is 2.83 bits per heavy atom. The topological polar surface area (TPSA) is 64.1 Å². The fourth-order valence-corrected chi connectivity index (χ4v) is 2.98. The van der Waals surface area contributed by atoms with Gasteiger partial charge in [-0.05, 0) is 31.3 Å². The molecule has 0 atom stereocenters. The fourth-order valence-electron chi connectivity index (χ4n) is 1.88. The Labute approximate surface area is 111 Å². The highest BCUT2D eigenvalue weighted by Gasteiger charge is 2.16. The first kappa shape index (κ1) is 13.1. The summed E-state index contributed by atoms with van der Waals surface area (Å²) in [4.78, 5) is 19.7. The highest BCUT2D eigenvalue weighted by molar-refractivity contribution is 7.99. The molecule has 0 unspecified atom stereocenters. The Balaban J connectivity index is 2.11. The van der Waals surface area contributed by atoms with Crippen LogP contribution in [-0.4, -0.2) is 40.6 Å². The lowest BCUT2D eigenvalue weighted by molar-refractivity contribution is 0.0586. The molecule has 98 valence electrons. The summed E-state index contributed by atoms with van der Waals surface area (Å²) in [7, 11) is 1.33. The van der Waals surface area contributed by atoms with Gasteiger partial charge < -0.3 is 10.1 Å². The number of aryl methyl sites for hydroxylation is 1. The Morgan fingerprint density at radius 1 is 1.44 bits per heavy atom. The zero-order valence-corrected chi connectivity index (χ0v) is 11.4. The number of carbonyl (C=O) groups excluding carboxylic acids is 1. The van der Waals surface area contributed by atoms with E-state index >= 15 is 0 Å². The monoisotopic (exact) mass is 267 g/mol. The summed E-state index contributed by atoms with van der Waals surface area (Å²) in [5.74, 6) is 2.67. The van der Waals surface area contributed by atoms with Crippen LogP contribution in [0.4, 0.5) is 5.82 Å². The van der Waals surface area contributed by atoms with E-state index < -0.39 is 5.97 Å². The van der Waals surface area contributed by atoms with Crippen molar-refractivity contribution in [2.45, 2.75) is 25.8 Å². The number of hydrogen-bond donors (Lipinski definition) is 1. The van der Waals surface area contributed by atoms with Crippen molar-refractivity contribution in [2.24, 2.45) is 0 Å². The highest BCUT2D eigenvalue weighted by Crippen LogP contribution is 2.20. The van der Waals surface area contributed by atoms with E-state index in [-0.39, 0.29) is 5.82 Å². The van der Waals surface area contributed by atoms with E-state index in [2.05, 4.69) is 20.0 Å². The largest absolute Gasteiger partial charge is 0.463 e. The molecular weight excluding hydrogens is 250 g/mol. The third kappa shape index (κ3) is 3.35. The minimum Gasteiger partial charge on any atom is -0.463 e. The molecule has 2 heterocycles. The molecule has 0 radical (unpaired) electrons. The summed E-state index contributed by atoms with van der Waals surface area (Å²) in [5, 5.41) is 3.37. The second-order valence-corrected chi connectivity index (χ2v) is 5.47. The van der Waals surface area contributed by atoms with E-state index in [1.165, 1.54) is 18.6 Å². The first-order valence-corrected chi connectivity index (χ1v) is 7.13. The Morgan fingerprint density at radius 2 is 2.17 bits per heavy atom. The molecule has 6 heteroatoms. The second-order valence-electron chi connectivity index (χ2n) is 4.24. The van der Waals surface area contributed by atoms with Gasteiger partial charge >= 0.3 is 5.97 Å². The Hall–Kier alpha value is -1.30. The number of ether oxygens (including phenoxy) is 1. The zero-order valence-electron chi connectivity index (χ0n) is 10.6. The third-order valence-corrected chi connectivity index (χ3v) is 3.84. The molecule has 2 rings (SSSR count). The molecule has 0 saturated carbocycles. The van der Waals surface area contributed by atoms with Crippen LogP contribution in [0.5, 0.6) is 0 Å². The standard InChI is InChI=1S/C12H17N3O2S/c1-8-7-10(14-9-3-5-18-6-4-9)15-11(13-8)12(16)17-2/h7,9H,3-6H2,1-2H3,(H,13,14,15). The van der Waals surface area contributed by atoms with E-state index in [9.17, 15) is 4.79 Å². The van der Waals surface area contributed by atoms with Crippen LogP contribution >= 0.6 is 11.8 Å². The summed E-state index contributed by atoms with van der Waals surface area (Å²) >= 11 is 1.98. The fraction of sp³-hybridized carbons (Fsp3) is 0.583. The molecule has 5 nitrogen and oxygen atoms in total. The molecule has 0 aromatic carbocycles. The second kappa shape index (κ2) is 6.04. The van der Waals surface area contributed by atoms with Gasteiger partial charge in [-0.3, -0.25) is 0 Å². The van der Waals surface area contributed by atoms with Crippen LogP contribution in [0.2, 0.25) is 0 Å². The average molecular weight is 267 g/mol. The van der Waals surface area contributed by atoms with Crippen molar-refractivity contribution in [1.82, 2.24) is 9.97 Å². The number of hydrogen-bond acceptors (Lipinski definition) is 6. The Kier molecular flexibility index (Phi) is 4.41. The smallest absolute Gasteiger partial charge is 0.376 e. The first-order chi connectivity index (χ1) is 8.69. The molecule has 1 N–H and O–H groups in total. The lowest BCUT2D eigenvalue weighted by Gasteiger charge is -2.23. The van der Waals surface area contributed by atoms with Crippen LogP contribution in [0.3, 0.4) is 0 Å². The molecule has 0 spiro atoms. The number of aromatic nitrogens is 2. The predicted octanol–water partition coefficient (Wildman–Crippen LogP) is 1.88. The number of anilines is 1. The lowest BCUT2D eigenvalue weighted by Crippen LogP contribution is -2.25. The minimum atomic E-state index is -0.499. The molecule has 1 saturated heterocycles. The van der Waals surface area contributed by atoms with Crippen LogP contribution in [-0.2, 0) is 4.74 Å². The summed E-state index contributed by atoms with van der Waals surface area (Å²) in [5.41, 5.74) is 0.762. The van der Waals surface area contributed by atoms with Crippen molar-refractivity contribution >= 4 is 23.5 Å². The number of esters is 1. The molecule has 18 heavy (non-hydrogen) atoms. The van der Waals surface area contributed by atoms with Crippen molar-refractivity contribution in [2.75, 3.05) is 23.9 Å². The maximum Gasteiger partial charge on any atom is 0.376 e. The molecule has 0 bridgehead atoms. The van der Waals surface area contributed by atoms with E-state index in [0.717, 1.165) is 18.5 Å². The molecule has 0 aliphatic carbocycles. The number of methoxy groups -OCH3 is 1. The van der Waals surface area contributed by atoms with E-state index in [0.29, 0.717) is 11.9 Å². The number of thioether (sulfide) groups is 1. The molecule has 1 aromatic rings. The number of nitrogens with one attached hydrogen (secondary N) is 1. The van der Waals surface area contributed by atoms with Crippen molar-refractivity contribution < 1.29 is 9.53 Å². The van der Waals surface area contributed by atoms with Gasteiger partial charge in [-0.25, -0.2) is 14.8 Å². The highest BCUT2D eigenvalue weighted by atomic mass is 32.2. The number of rotatable bonds is 3. The quantitative estimate of drug-likeness (QED) is 0.844. The van der Waals surface area contributed by atoms with Crippen molar-refractivity contribution in [1.29, 1.82) is 0 Å². The van der Waals surface area contributed by atoms with Gasteiger partial charge in [0, 0.05) is 17.8 Å². The molecule has 1 aliphatic heterocycles. The van der Waals surface area contributed by atoms with Crippen LogP contribution < -0.4 is 5.32 Å². The van der Waals surface area contributed by atoms with Gasteiger partial charge in [-0.2, -0.15) is 11.8 Å². The predicted molar refractivity (Wildman–Crippen MR) is 72.1 cm³/mol. The normalized spacial score (nSPS) is 16.3. The van der Waals surface area contributed by atoms with Gasteiger partial charge in [0.25, 0.3) is 0 Å². The third-order valence-electron chi connectivity index (χ3n) is 2.80. The maximum absolute atomic E-state index is 11.4. The number of carbonyl (C=O) groups is 1. The maximum atomic E-state index is 11.4. The number of nitrogens with zero attached hydrogens (tertiary/aromatic N) is 2. The lowest BCUT2D eigenvalue weighted by atomic mass is 10.1. The van der Waals surface area contributed by atoms with E-state index in [4.69, 9.17) is 0 Å². The zero-order chi connectivity index (χ0) is 13.0. The van der Waals surface area contributed by atoms with Crippen LogP contribution in [0.25, 0.3) is 0 Å². The molecule has 1 aromatic heterocycles. The van der Waals surface area contributed by atoms with Crippen molar-refractivity contribution in [3.8, 4) is 0 Å². The molecule has 0 amide bonds. The SMILES string of the molecule is COC(=O)c1nc(C)cc(NC2CCSCC2)n1. The summed E-state index contributed by atoms with van der Waals surface area (Å²) in [6.45, 7) is 1.84. The van der Waals surface area contributed by atoms with Crippen LogP contribution in [0, 0.1) is 6.92 Å². The van der Waals surface area contributed by atoms with Crippen molar-refractivity contribution in [3.05, 3.63) is 17.6 Å². The summed E-state index contributed by atoms with van der Waals surface area (Å²) in [6.07, 6.45) is 2.25. The van der Waals surface area contributed by atoms with Crippen molar-refractivity contribution in [3.63, 3.8) is 0 Å². The minimum absolute atomic E-state index is 0.116. The van der Waals surface area contributed by atoms with Gasteiger partial charge in [0.05, 0.1) is 7.11 Å². The summed E-state index contributed by atoms with van der Waals surface area (Å²) < 4.78 is 4.64. The van der Waals surface area contributed by atoms with Gasteiger partial charge in [0.15, 0.2) is 0 Å². The average Bonchev–Trinajstić information content (AvgIpc) is 2.38. The van der Waals surface area contributed by atoms with Gasteiger partial charge in [-0.15, -0.1) is 0 Å². The first-order valence-electron chi connectivity index (χ1n) is 5.97. The van der Waals surface area contributed by atoms with E-state index in [1.54, 1.807) is 0 Å². The van der Waals surface area contributed by atoms with Gasteiger partial charge in [0.2, 0.25) is 5.82 Å². The van der Waals surface area contributed by atoms with Gasteiger partial charge in [-0.1, -0.05) is 0 Å². The van der Waals surface area contributed by atoms with Gasteiger partial charge in [0.1, 0.15) is 5.82 Å².